The third-order valence-corrected chi connectivity index (χ3v) is 11.0. The molecule has 2 aliphatic heterocycles. The van der Waals surface area contributed by atoms with Gasteiger partial charge in [0.15, 0.2) is 0 Å². The summed E-state index contributed by atoms with van der Waals surface area (Å²) in [5, 5.41) is 11.1. The predicted molar refractivity (Wildman–Crippen MR) is 183 cm³/mol. The summed E-state index contributed by atoms with van der Waals surface area (Å²) in [5.41, 5.74) is 2.49. The van der Waals surface area contributed by atoms with Crippen LogP contribution < -0.4 is 9.80 Å². The zero-order valence-electron chi connectivity index (χ0n) is 25.8. The van der Waals surface area contributed by atoms with Crippen LogP contribution in [-0.2, 0) is 24.6 Å². The van der Waals surface area contributed by atoms with Crippen molar-refractivity contribution in [2.45, 2.75) is 24.2 Å². The Morgan fingerprint density at radius 3 is 2.23 bits per heavy atom. The molecule has 4 aliphatic rings. The lowest BCUT2D eigenvalue weighted by Crippen LogP contribution is -2.53. The molecule has 7 nitrogen and oxygen atoms in total. The lowest BCUT2D eigenvalue weighted by Gasteiger charge is -2.50. The number of phenolic OH excluding ortho intramolecular Hbond substituents is 1. The van der Waals surface area contributed by atoms with Gasteiger partial charge in [-0.05, 0) is 77.9 Å². The van der Waals surface area contributed by atoms with Crippen LogP contribution in [0.25, 0.3) is 6.08 Å². The first kappa shape index (κ1) is 30.1. The lowest BCUT2D eigenvalue weighted by molar-refractivity contribution is -0.127. The first-order chi connectivity index (χ1) is 23.2. The first-order valence-electron chi connectivity index (χ1n) is 16.0. The van der Waals surface area contributed by atoms with E-state index in [0.29, 0.717) is 33.9 Å². The average molecular weight is 655 g/mol. The van der Waals surface area contributed by atoms with Crippen LogP contribution in [0.1, 0.15) is 35.4 Å². The monoisotopic (exact) mass is 654 g/mol. The molecule has 4 amide bonds. The molecule has 4 aromatic rings. The van der Waals surface area contributed by atoms with Gasteiger partial charge in [0, 0.05) is 10.9 Å². The van der Waals surface area contributed by atoms with Crippen molar-refractivity contribution in [2.24, 2.45) is 23.7 Å². The standard InChI is InChI=1S/C40H31ClN2O5/c1-2-23-14-16-27(17-15-23)42-36(45)31-19-18-30-32(34(31)38(42)47)22-33-37(46)43(28-12-7-11-26(41)21-28)39(48)40(33,25-9-4-3-5-10-25)35(30)24-8-6-13-29(44)20-24/h2-18,20-21,31-35,44H,1,19,22H2/t31-,32+,33-,34-,35-,40+/m0/s1. The van der Waals surface area contributed by atoms with Crippen molar-refractivity contribution < 1.29 is 24.3 Å². The minimum absolute atomic E-state index is 0.0217. The van der Waals surface area contributed by atoms with Gasteiger partial charge in [-0.3, -0.25) is 24.1 Å². The van der Waals surface area contributed by atoms with Crippen LogP contribution in [-0.4, -0.2) is 28.7 Å². The fourth-order valence-corrected chi connectivity index (χ4v) is 9.02. The van der Waals surface area contributed by atoms with Crippen LogP contribution >= 0.6 is 11.6 Å². The molecule has 48 heavy (non-hydrogen) atoms. The highest BCUT2D eigenvalue weighted by Gasteiger charge is 2.70. The first-order valence-corrected chi connectivity index (χ1v) is 16.4. The molecule has 8 rings (SSSR count). The maximum absolute atomic E-state index is 15.2. The molecule has 3 fully saturated rings. The smallest absolute Gasteiger partial charge is 0.246 e. The summed E-state index contributed by atoms with van der Waals surface area (Å²) in [5.74, 6) is -4.72. The molecule has 2 saturated heterocycles. The zero-order chi connectivity index (χ0) is 33.3. The van der Waals surface area contributed by atoms with E-state index in [4.69, 9.17) is 11.6 Å². The second-order valence-electron chi connectivity index (χ2n) is 13.0. The number of anilines is 2. The van der Waals surface area contributed by atoms with Crippen LogP contribution in [0.2, 0.25) is 5.02 Å². The highest BCUT2D eigenvalue weighted by atomic mass is 35.5. The Kier molecular flexibility index (Phi) is 7.00. The summed E-state index contributed by atoms with van der Waals surface area (Å²) in [6, 6.07) is 29.9. The Hall–Kier alpha value is -5.27. The summed E-state index contributed by atoms with van der Waals surface area (Å²) in [6.07, 6.45) is 4.22. The SMILES string of the molecule is C=Cc1ccc(N2C(=O)[C@H]3[C@H](CC=C4[C@H]3C[C@H]3C(=O)N(c5cccc(Cl)c5)C(=O)[C@@]3(c3ccccc3)[C@H]4c3cccc(O)c3)C2=O)cc1. The van der Waals surface area contributed by atoms with Gasteiger partial charge < -0.3 is 5.11 Å². The number of nitrogens with zero attached hydrogens (tertiary/aromatic N) is 2. The Morgan fingerprint density at radius 2 is 1.52 bits per heavy atom. The van der Waals surface area contributed by atoms with Gasteiger partial charge in [-0.15, -0.1) is 0 Å². The van der Waals surface area contributed by atoms with Crippen molar-refractivity contribution in [1.29, 1.82) is 0 Å². The predicted octanol–water partition coefficient (Wildman–Crippen LogP) is 7.06. The largest absolute Gasteiger partial charge is 0.508 e. The van der Waals surface area contributed by atoms with E-state index in [0.717, 1.165) is 11.1 Å². The van der Waals surface area contributed by atoms with Crippen LogP contribution in [0.4, 0.5) is 11.4 Å². The number of hydrogen-bond donors (Lipinski definition) is 1. The maximum atomic E-state index is 15.2. The van der Waals surface area contributed by atoms with E-state index in [2.05, 4.69) is 6.58 Å². The van der Waals surface area contributed by atoms with Crippen molar-refractivity contribution in [2.75, 3.05) is 9.80 Å². The van der Waals surface area contributed by atoms with Gasteiger partial charge in [0.2, 0.25) is 23.6 Å². The minimum atomic E-state index is -1.39. The number of imide groups is 2. The Morgan fingerprint density at radius 1 is 0.771 bits per heavy atom. The number of halogens is 1. The van der Waals surface area contributed by atoms with Gasteiger partial charge in [0.05, 0.1) is 34.5 Å². The number of fused-ring (bicyclic) bond motifs is 4. The van der Waals surface area contributed by atoms with Gasteiger partial charge in [0.1, 0.15) is 5.75 Å². The highest BCUT2D eigenvalue weighted by Crippen LogP contribution is 2.64. The van der Waals surface area contributed by atoms with Crippen molar-refractivity contribution in [1.82, 2.24) is 0 Å². The number of allylic oxidation sites excluding steroid dienone is 2. The highest BCUT2D eigenvalue weighted by molar-refractivity contribution is 6.32. The van der Waals surface area contributed by atoms with Crippen molar-refractivity contribution in [3.05, 3.63) is 143 Å². The number of aromatic hydroxyl groups is 1. The fraction of sp³-hybridized carbons (Fsp3) is 0.200. The normalized spacial score (nSPS) is 27.8. The summed E-state index contributed by atoms with van der Waals surface area (Å²) in [6.45, 7) is 3.79. The van der Waals surface area contributed by atoms with Gasteiger partial charge in [-0.1, -0.05) is 96.6 Å². The average Bonchev–Trinajstić information content (AvgIpc) is 3.49. The second kappa shape index (κ2) is 11.2. The summed E-state index contributed by atoms with van der Waals surface area (Å²) < 4.78 is 0. The molecule has 0 spiro atoms. The number of benzene rings is 4. The fourth-order valence-electron chi connectivity index (χ4n) is 8.84. The van der Waals surface area contributed by atoms with Crippen LogP contribution in [0.5, 0.6) is 5.75 Å². The van der Waals surface area contributed by atoms with Gasteiger partial charge in [0.25, 0.3) is 0 Å². The van der Waals surface area contributed by atoms with E-state index in [1.54, 1.807) is 60.7 Å². The quantitative estimate of drug-likeness (QED) is 0.184. The van der Waals surface area contributed by atoms with Crippen LogP contribution in [0.3, 0.4) is 0 Å². The topological polar surface area (TPSA) is 95.0 Å². The molecule has 0 aromatic heterocycles. The molecule has 0 bridgehead atoms. The molecule has 2 heterocycles. The van der Waals surface area contributed by atoms with Gasteiger partial charge >= 0.3 is 0 Å². The summed E-state index contributed by atoms with van der Waals surface area (Å²) >= 11 is 6.37. The van der Waals surface area contributed by atoms with Gasteiger partial charge in [-0.25, -0.2) is 4.90 Å². The number of amides is 4. The Labute approximate surface area is 282 Å². The van der Waals surface area contributed by atoms with Crippen molar-refractivity contribution >= 4 is 52.7 Å². The molecule has 8 heteroatoms. The summed E-state index contributed by atoms with van der Waals surface area (Å²) in [4.78, 5) is 60.8. The van der Waals surface area contributed by atoms with E-state index in [-0.39, 0.29) is 29.9 Å². The zero-order valence-corrected chi connectivity index (χ0v) is 26.6. The number of hydrogen-bond acceptors (Lipinski definition) is 5. The molecule has 2 aliphatic carbocycles. The third-order valence-electron chi connectivity index (χ3n) is 10.8. The Bertz CT molecular complexity index is 2060. The minimum Gasteiger partial charge on any atom is -0.508 e. The molecule has 1 N–H and O–H groups in total. The number of carbonyl (C=O) groups is 4. The second-order valence-corrected chi connectivity index (χ2v) is 13.4. The van der Waals surface area contributed by atoms with Crippen molar-refractivity contribution in [3.63, 3.8) is 0 Å². The molecular formula is C40H31ClN2O5. The van der Waals surface area contributed by atoms with Crippen LogP contribution in [0.15, 0.2) is 121 Å². The molecule has 238 valence electrons. The van der Waals surface area contributed by atoms with Crippen LogP contribution in [0, 0.1) is 23.7 Å². The maximum Gasteiger partial charge on any atom is 0.246 e. The molecule has 0 unspecified atom stereocenters. The molecule has 0 radical (unpaired) electrons. The lowest BCUT2D eigenvalue weighted by atomic mass is 9.49. The molecule has 1 saturated carbocycles. The molecule has 6 atom stereocenters. The Balaban J connectivity index is 1.33. The van der Waals surface area contributed by atoms with E-state index in [1.165, 1.54) is 9.80 Å². The third kappa shape index (κ3) is 4.20. The van der Waals surface area contributed by atoms with Crippen molar-refractivity contribution in [3.8, 4) is 5.75 Å². The van der Waals surface area contributed by atoms with E-state index >= 15 is 4.79 Å². The van der Waals surface area contributed by atoms with E-state index < -0.39 is 40.9 Å². The summed E-state index contributed by atoms with van der Waals surface area (Å²) in [7, 11) is 0. The molecule has 4 aromatic carbocycles. The molecular weight excluding hydrogens is 624 g/mol. The number of rotatable bonds is 5. The number of phenols is 1. The van der Waals surface area contributed by atoms with Gasteiger partial charge in [-0.2, -0.15) is 0 Å². The number of carbonyl (C=O) groups excluding carboxylic acids is 4. The van der Waals surface area contributed by atoms with E-state index in [9.17, 15) is 19.5 Å². The van der Waals surface area contributed by atoms with E-state index in [1.807, 2.05) is 54.6 Å².